The predicted octanol–water partition coefficient (Wildman–Crippen LogP) is 2.36. The molecule has 1 unspecified atom stereocenters. The highest BCUT2D eigenvalue weighted by atomic mass is 19.4. The minimum absolute atomic E-state index is 0.0876. The predicted molar refractivity (Wildman–Crippen MR) is 57.8 cm³/mol. The van der Waals surface area contributed by atoms with Gasteiger partial charge in [0.05, 0.1) is 7.11 Å². The number of aryl methyl sites for hydroxylation is 1. The van der Waals surface area contributed by atoms with Gasteiger partial charge in [0.15, 0.2) is 5.60 Å². The largest absolute Gasteiger partial charge is 0.496 e. The van der Waals surface area contributed by atoms with E-state index in [2.05, 4.69) is 0 Å². The van der Waals surface area contributed by atoms with Gasteiger partial charge in [0.1, 0.15) is 5.75 Å². The molecule has 0 heterocycles. The standard InChI is InChI=1S/C11H14F3NO2/c1-6-4-7(9(17-3)5-8(6)15)10(2,16)11(12,13)14/h4-5,16H,15H2,1-3H3. The second-order valence-electron chi connectivity index (χ2n) is 3.98. The first kappa shape index (κ1) is 13.6. The Hall–Kier alpha value is -1.43. The summed E-state index contributed by atoms with van der Waals surface area (Å²) in [4.78, 5) is 0. The molecule has 1 aromatic carbocycles. The number of aliphatic hydroxyl groups is 1. The first-order valence-electron chi connectivity index (χ1n) is 4.85. The summed E-state index contributed by atoms with van der Waals surface area (Å²) in [7, 11) is 1.22. The summed E-state index contributed by atoms with van der Waals surface area (Å²) >= 11 is 0. The molecule has 0 bridgehead atoms. The van der Waals surface area contributed by atoms with Crippen LogP contribution in [0.15, 0.2) is 12.1 Å². The van der Waals surface area contributed by atoms with Crippen LogP contribution in [0.25, 0.3) is 0 Å². The lowest BCUT2D eigenvalue weighted by molar-refractivity contribution is -0.259. The Balaban J connectivity index is 3.45. The normalized spacial score (nSPS) is 15.5. The van der Waals surface area contributed by atoms with E-state index in [1.807, 2.05) is 0 Å². The summed E-state index contributed by atoms with van der Waals surface area (Å²) in [5, 5.41) is 9.60. The number of nitrogen functional groups attached to an aromatic ring is 1. The molecule has 0 spiro atoms. The first-order valence-corrected chi connectivity index (χ1v) is 4.85. The molecule has 0 amide bonds. The number of hydrogen-bond donors (Lipinski definition) is 2. The third-order valence-electron chi connectivity index (χ3n) is 2.66. The van der Waals surface area contributed by atoms with Crippen LogP contribution < -0.4 is 10.5 Å². The molecule has 0 saturated carbocycles. The van der Waals surface area contributed by atoms with E-state index in [1.165, 1.54) is 19.2 Å². The van der Waals surface area contributed by atoms with Crippen molar-refractivity contribution in [3.8, 4) is 5.75 Å². The molecule has 1 atom stereocenters. The van der Waals surface area contributed by atoms with Gasteiger partial charge in [0, 0.05) is 17.3 Å². The summed E-state index contributed by atoms with van der Waals surface area (Å²) < 4.78 is 43.0. The van der Waals surface area contributed by atoms with Gasteiger partial charge in [0.25, 0.3) is 0 Å². The molecule has 0 aliphatic rings. The number of benzene rings is 1. The summed E-state index contributed by atoms with van der Waals surface area (Å²) in [6.07, 6.45) is -4.79. The van der Waals surface area contributed by atoms with E-state index < -0.39 is 11.8 Å². The van der Waals surface area contributed by atoms with Gasteiger partial charge < -0.3 is 15.6 Å². The maximum atomic E-state index is 12.7. The van der Waals surface area contributed by atoms with Crippen molar-refractivity contribution in [1.29, 1.82) is 0 Å². The number of ether oxygens (including phenoxy) is 1. The average molecular weight is 249 g/mol. The van der Waals surface area contributed by atoms with Gasteiger partial charge in [-0.2, -0.15) is 13.2 Å². The van der Waals surface area contributed by atoms with Crippen LogP contribution in [0.2, 0.25) is 0 Å². The topological polar surface area (TPSA) is 55.5 Å². The lowest BCUT2D eigenvalue weighted by Crippen LogP contribution is -2.39. The van der Waals surface area contributed by atoms with Crippen LogP contribution in [-0.4, -0.2) is 18.4 Å². The van der Waals surface area contributed by atoms with Crippen LogP contribution in [0, 0.1) is 6.92 Å². The number of methoxy groups -OCH3 is 1. The van der Waals surface area contributed by atoms with E-state index in [1.54, 1.807) is 6.92 Å². The quantitative estimate of drug-likeness (QED) is 0.791. The molecule has 6 heteroatoms. The SMILES string of the molecule is COc1cc(N)c(C)cc1C(C)(O)C(F)(F)F. The number of anilines is 1. The Labute approximate surface area is 97.0 Å². The lowest BCUT2D eigenvalue weighted by Gasteiger charge is -2.28. The molecular formula is C11H14F3NO2. The molecule has 3 nitrogen and oxygen atoms in total. The lowest BCUT2D eigenvalue weighted by atomic mass is 9.92. The van der Waals surface area contributed by atoms with E-state index in [-0.39, 0.29) is 11.3 Å². The molecule has 0 aromatic heterocycles. The molecule has 0 aliphatic heterocycles. The molecule has 17 heavy (non-hydrogen) atoms. The Kier molecular flexibility index (Phi) is 3.29. The van der Waals surface area contributed by atoms with Crippen molar-refractivity contribution in [2.24, 2.45) is 0 Å². The van der Waals surface area contributed by atoms with Crippen LogP contribution in [0.3, 0.4) is 0 Å². The number of halogens is 3. The van der Waals surface area contributed by atoms with Crippen LogP contribution >= 0.6 is 0 Å². The monoisotopic (exact) mass is 249 g/mol. The zero-order valence-corrected chi connectivity index (χ0v) is 9.72. The molecule has 1 rings (SSSR count). The van der Waals surface area contributed by atoms with Crippen molar-refractivity contribution in [2.45, 2.75) is 25.6 Å². The third-order valence-corrected chi connectivity index (χ3v) is 2.66. The Morgan fingerprint density at radius 1 is 1.29 bits per heavy atom. The molecule has 0 radical (unpaired) electrons. The summed E-state index contributed by atoms with van der Waals surface area (Å²) in [6.45, 7) is 2.24. The van der Waals surface area contributed by atoms with Gasteiger partial charge in [-0.3, -0.25) is 0 Å². The zero-order chi connectivity index (χ0) is 13.4. The second kappa shape index (κ2) is 4.10. The highest BCUT2D eigenvalue weighted by Gasteiger charge is 2.52. The van der Waals surface area contributed by atoms with Gasteiger partial charge in [-0.15, -0.1) is 0 Å². The number of rotatable bonds is 2. The smallest absolute Gasteiger partial charge is 0.421 e. The Morgan fingerprint density at radius 2 is 1.82 bits per heavy atom. The molecule has 0 saturated heterocycles. The van der Waals surface area contributed by atoms with Gasteiger partial charge in [-0.1, -0.05) is 0 Å². The second-order valence-corrected chi connectivity index (χ2v) is 3.98. The Bertz CT molecular complexity index is 427. The first-order chi connectivity index (χ1) is 7.61. The van der Waals surface area contributed by atoms with E-state index in [9.17, 15) is 18.3 Å². The molecule has 0 aliphatic carbocycles. The van der Waals surface area contributed by atoms with E-state index in [0.717, 1.165) is 0 Å². The number of hydrogen-bond acceptors (Lipinski definition) is 3. The van der Waals surface area contributed by atoms with Crippen molar-refractivity contribution >= 4 is 5.69 Å². The molecule has 3 N–H and O–H groups in total. The van der Waals surface area contributed by atoms with Gasteiger partial charge in [0.2, 0.25) is 0 Å². The van der Waals surface area contributed by atoms with E-state index in [0.29, 0.717) is 18.2 Å². The van der Waals surface area contributed by atoms with E-state index in [4.69, 9.17) is 10.5 Å². The Morgan fingerprint density at radius 3 is 2.24 bits per heavy atom. The fourth-order valence-corrected chi connectivity index (χ4v) is 1.41. The summed E-state index contributed by atoms with van der Waals surface area (Å²) in [5.41, 5.74) is 3.01. The maximum absolute atomic E-state index is 12.7. The van der Waals surface area contributed by atoms with Crippen LogP contribution in [0.1, 0.15) is 18.1 Å². The molecule has 1 aromatic rings. The number of nitrogens with two attached hydrogens (primary N) is 1. The highest BCUT2D eigenvalue weighted by Crippen LogP contribution is 2.43. The van der Waals surface area contributed by atoms with Crippen molar-refractivity contribution in [3.05, 3.63) is 23.3 Å². The van der Waals surface area contributed by atoms with Crippen molar-refractivity contribution in [2.75, 3.05) is 12.8 Å². The fraction of sp³-hybridized carbons (Fsp3) is 0.455. The van der Waals surface area contributed by atoms with Crippen molar-refractivity contribution in [3.63, 3.8) is 0 Å². The van der Waals surface area contributed by atoms with Gasteiger partial charge >= 0.3 is 6.18 Å². The van der Waals surface area contributed by atoms with Crippen molar-refractivity contribution < 1.29 is 23.0 Å². The summed E-state index contributed by atoms with van der Waals surface area (Å²) in [5.74, 6) is -0.0876. The van der Waals surface area contributed by atoms with Crippen LogP contribution in [-0.2, 0) is 5.60 Å². The summed E-state index contributed by atoms with van der Waals surface area (Å²) in [6, 6.07) is 2.45. The molecule has 0 fully saturated rings. The number of alkyl halides is 3. The minimum Gasteiger partial charge on any atom is -0.496 e. The zero-order valence-electron chi connectivity index (χ0n) is 9.72. The minimum atomic E-state index is -4.79. The van der Waals surface area contributed by atoms with Crippen molar-refractivity contribution in [1.82, 2.24) is 0 Å². The third kappa shape index (κ3) is 2.31. The van der Waals surface area contributed by atoms with Gasteiger partial charge in [-0.05, 0) is 25.5 Å². The average Bonchev–Trinajstić information content (AvgIpc) is 2.19. The van der Waals surface area contributed by atoms with Crippen LogP contribution in [0.5, 0.6) is 5.75 Å². The van der Waals surface area contributed by atoms with Crippen LogP contribution in [0.4, 0.5) is 18.9 Å². The fourth-order valence-electron chi connectivity index (χ4n) is 1.41. The maximum Gasteiger partial charge on any atom is 0.421 e. The molecular weight excluding hydrogens is 235 g/mol. The highest BCUT2D eigenvalue weighted by molar-refractivity contribution is 5.56. The van der Waals surface area contributed by atoms with Gasteiger partial charge in [-0.25, -0.2) is 0 Å². The molecule has 96 valence electrons. The van der Waals surface area contributed by atoms with E-state index >= 15 is 0 Å².